The fraction of sp³-hybridized carbons (Fsp3) is 0.267. The first kappa shape index (κ1) is 17.6. The van der Waals surface area contributed by atoms with Crippen molar-refractivity contribution in [3.8, 4) is 0 Å². The average molecular weight is 352 g/mol. The fourth-order valence-corrected chi connectivity index (χ4v) is 2.16. The molecule has 0 aliphatic heterocycles. The lowest BCUT2D eigenvalue weighted by Crippen LogP contribution is -2.26. The van der Waals surface area contributed by atoms with Gasteiger partial charge in [-0.3, -0.25) is 4.79 Å². The molecular formula is C15H18ClN5O3. The van der Waals surface area contributed by atoms with Gasteiger partial charge in [-0.2, -0.15) is 0 Å². The maximum Gasteiger partial charge on any atom is 0.426 e. The van der Waals surface area contributed by atoms with E-state index in [9.17, 15) is 9.59 Å². The topological polar surface area (TPSA) is 88.5 Å². The molecule has 0 aliphatic rings. The maximum atomic E-state index is 12.2. The molecule has 0 radical (unpaired) electrons. The van der Waals surface area contributed by atoms with E-state index in [1.165, 1.54) is 16.7 Å². The quantitative estimate of drug-likeness (QED) is 0.883. The number of halogens is 1. The minimum absolute atomic E-state index is 0.209. The normalized spacial score (nSPS) is 10.2. The molecule has 8 nitrogen and oxygen atoms in total. The number of benzene rings is 1. The number of rotatable bonds is 4. The highest BCUT2D eigenvalue weighted by Crippen LogP contribution is 2.22. The molecule has 0 atom stereocenters. The Morgan fingerprint density at radius 2 is 2.04 bits per heavy atom. The van der Waals surface area contributed by atoms with Crippen molar-refractivity contribution in [3.05, 3.63) is 40.7 Å². The van der Waals surface area contributed by atoms with Gasteiger partial charge < -0.3 is 15.0 Å². The van der Waals surface area contributed by atoms with E-state index in [0.717, 1.165) is 0 Å². The van der Waals surface area contributed by atoms with E-state index >= 15 is 0 Å². The highest BCUT2D eigenvalue weighted by molar-refractivity contribution is 6.30. The average Bonchev–Trinajstić information content (AvgIpc) is 2.83. The lowest BCUT2D eigenvalue weighted by molar-refractivity contribution is 0.0821. The number of hydrogen-bond acceptors (Lipinski definition) is 5. The minimum atomic E-state index is -0.687. The summed E-state index contributed by atoms with van der Waals surface area (Å²) in [6.45, 7) is 1.67. The van der Waals surface area contributed by atoms with Crippen molar-refractivity contribution in [1.29, 1.82) is 0 Å². The highest BCUT2D eigenvalue weighted by Gasteiger charge is 2.22. The van der Waals surface area contributed by atoms with E-state index in [4.69, 9.17) is 11.6 Å². The highest BCUT2D eigenvalue weighted by atomic mass is 35.5. The summed E-state index contributed by atoms with van der Waals surface area (Å²) in [5.41, 5.74) is 3.83. The van der Waals surface area contributed by atoms with E-state index in [1.807, 2.05) is 0 Å². The Hall–Kier alpha value is -2.74. The van der Waals surface area contributed by atoms with Crippen molar-refractivity contribution in [2.45, 2.75) is 6.92 Å². The second kappa shape index (κ2) is 7.22. The van der Waals surface area contributed by atoms with E-state index in [-0.39, 0.29) is 17.5 Å². The third-order valence-electron chi connectivity index (χ3n) is 3.19. The van der Waals surface area contributed by atoms with Crippen LogP contribution in [0.3, 0.4) is 0 Å². The molecular weight excluding hydrogens is 334 g/mol. The summed E-state index contributed by atoms with van der Waals surface area (Å²) in [6.07, 6.45) is -0.687. The number of amides is 2. The van der Waals surface area contributed by atoms with Gasteiger partial charge in [0.1, 0.15) is 0 Å². The van der Waals surface area contributed by atoms with Gasteiger partial charge in [0.15, 0.2) is 5.69 Å². The molecule has 2 aromatic rings. The van der Waals surface area contributed by atoms with Crippen molar-refractivity contribution in [3.63, 3.8) is 0 Å². The zero-order chi connectivity index (χ0) is 17.9. The van der Waals surface area contributed by atoms with Gasteiger partial charge in [0.25, 0.3) is 5.91 Å². The Labute approximate surface area is 144 Å². The molecule has 0 unspecified atom stereocenters. The zero-order valence-electron chi connectivity index (χ0n) is 13.8. The van der Waals surface area contributed by atoms with Crippen LogP contribution >= 0.6 is 11.6 Å². The molecule has 24 heavy (non-hydrogen) atoms. The Morgan fingerprint density at radius 1 is 1.33 bits per heavy atom. The molecule has 0 bridgehead atoms. The van der Waals surface area contributed by atoms with E-state index < -0.39 is 6.09 Å². The predicted molar refractivity (Wildman–Crippen MR) is 91.5 cm³/mol. The first-order chi connectivity index (χ1) is 11.3. The molecule has 2 amide bonds. The number of carbonyl (C=O) groups excluding carboxylic acids is 2. The van der Waals surface area contributed by atoms with Crippen molar-refractivity contribution < 1.29 is 14.3 Å². The number of anilines is 2. The lowest BCUT2D eigenvalue weighted by atomic mass is 10.3. The number of carbonyl (C=O) groups is 2. The molecule has 1 aromatic heterocycles. The molecule has 1 heterocycles. The summed E-state index contributed by atoms with van der Waals surface area (Å²) in [7, 11) is 4.49. The SMILES string of the molecule is COC(=O)Nn1c(Nc2cccc(Cl)c2)nc(C(=O)N(C)C)c1C. The third kappa shape index (κ3) is 3.77. The number of imidazole rings is 1. The van der Waals surface area contributed by atoms with E-state index in [1.54, 1.807) is 45.3 Å². The van der Waals surface area contributed by atoms with Crippen LogP contribution in [0.25, 0.3) is 0 Å². The first-order valence-corrected chi connectivity index (χ1v) is 7.40. The van der Waals surface area contributed by atoms with Crippen LogP contribution in [0.15, 0.2) is 24.3 Å². The molecule has 0 saturated carbocycles. The number of nitrogens with one attached hydrogen (secondary N) is 2. The van der Waals surface area contributed by atoms with Crippen molar-refractivity contribution in [2.24, 2.45) is 0 Å². The Balaban J connectivity index is 2.45. The Kier molecular flexibility index (Phi) is 5.30. The smallest absolute Gasteiger partial charge is 0.426 e. The van der Waals surface area contributed by atoms with Crippen LogP contribution in [-0.2, 0) is 4.74 Å². The number of aromatic nitrogens is 2. The van der Waals surface area contributed by atoms with Gasteiger partial charge in [0.05, 0.1) is 12.8 Å². The Bertz CT molecular complexity index is 772. The Morgan fingerprint density at radius 3 is 2.62 bits per heavy atom. The number of ether oxygens (including phenoxy) is 1. The molecule has 2 rings (SSSR count). The third-order valence-corrected chi connectivity index (χ3v) is 3.42. The largest absolute Gasteiger partial charge is 0.452 e. The van der Waals surface area contributed by atoms with Gasteiger partial charge in [-0.25, -0.2) is 19.9 Å². The fourth-order valence-electron chi connectivity index (χ4n) is 1.97. The van der Waals surface area contributed by atoms with Gasteiger partial charge in [-0.05, 0) is 25.1 Å². The van der Waals surface area contributed by atoms with Crippen molar-refractivity contribution in [1.82, 2.24) is 14.6 Å². The maximum absolute atomic E-state index is 12.2. The van der Waals surface area contributed by atoms with Gasteiger partial charge >= 0.3 is 6.09 Å². The second-order valence-electron chi connectivity index (χ2n) is 5.14. The summed E-state index contributed by atoms with van der Waals surface area (Å²) in [5.74, 6) is -0.0302. The van der Waals surface area contributed by atoms with Crippen LogP contribution in [0, 0.1) is 6.92 Å². The van der Waals surface area contributed by atoms with E-state index in [0.29, 0.717) is 16.4 Å². The standard InChI is InChI=1S/C15H18ClN5O3/c1-9-12(13(22)20(2)3)18-14(21(9)19-15(23)24-4)17-11-7-5-6-10(16)8-11/h5-8H,1-4H3,(H,17,18)(H,19,23). The molecule has 9 heteroatoms. The molecule has 0 spiro atoms. The number of methoxy groups -OCH3 is 1. The number of hydrogen-bond donors (Lipinski definition) is 2. The minimum Gasteiger partial charge on any atom is -0.452 e. The molecule has 1 aromatic carbocycles. The monoisotopic (exact) mass is 351 g/mol. The lowest BCUT2D eigenvalue weighted by Gasteiger charge is -2.12. The van der Waals surface area contributed by atoms with Crippen molar-refractivity contribution >= 4 is 35.2 Å². The summed E-state index contributed by atoms with van der Waals surface area (Å²) >= 11 is 5.97. The van der Waals surface area contributed by atoms with Crippen LogP contribution in [0.2, 0.25) is 5.02 Å². The first-order valence-electron chi connectivity index (χ1n) is 7.02. The molecule has 2 N–H and O–H groups in total. The van der Waals surface area contributed by atoms with Crippen LogP contribution in [0.4, 0.5) is 16.4 Å². The second-order valence-corrected chi connectivity index (χ2v) is 5.58. The summed E-state index contributed by atoms with van der Waals surface area (Å²) in [5, 5.41) is 3.57. The zero-order valence-corrected chi connectivity index (χ0v) is 14.5. The van der Waals surface area contributed by atoms with Gasteiger partial charge in [-0.1, -0.05) is 17.7 Å². The van der Waals surface area contributed by atoms with Gasteiger partial charge in [0.2, 0.25) is 5.95 Å². The van der Waals surface area contributed by atoms with Crippen LogP contribution in [-0.4, -0.2) is 47.8 Å². The summed E-state index contributed by atoms with van der Waals surface area (Å²) in [4.78, 5) is 29.5. The van der Waals surface area contributed by atoms with Crippen LogP contribution < -0.4 is 10.7 Å². The predicted octanol–water partition coefficient (Wildman–Crippen LogP) is 2.60. The molecule has 0 saturated heterocycles. The van der Waals surface area contributed by atoms with Gasteiger partial charge in [-0.15, -0.1) is 0 Å². The van der Waals surface area contributed by atoms with E-state index in [2.05, 4.69) is 20.5 Å². The van der Waals surface area contributed by atoms with Crippen LogP contribution in [0.5, 0.6) is 0 Å². The van der Waals surface area contributed by atoms with Crippen molar-refractivity contribution in [2.75, 3.05) is 31.9 Å². The van der Waals surface area contributed by atoms with Crippen LogP contribution in [0.1, 0.15) is 16.2 Å². The summed E-state index contributed by atoms with van der Waals surface area (Å²) < 4.78 is 5.96. The molecule has 128 valence electrons. The number of nitrogens with zero attached hydrogens (tertiary/aromatic N) is 3. The van der Waals surface area contributed by atoms with Gasteiger partial charge in [0, 0.05) is 24.8 Å². The summed E-state index contributed by atoms with van der Waals surface area (Å²) in [6, 6.07) is 6.98. The molecule has 0 aliphatic carbocycles. The molecule has 0 fully saturated rings.